The Labute approximate surface area is 32.7 Å². The normalized spacial score (nSPS) is 7.80. The standard InChI is InChI=1S/C2H8BN2/c1-2-3(4)5/h1-2,4-5H2. The van der Waals surface area contributed by atoms with Gasteiger partial charge in [-0.15, -0.1) is 0 Å². The smallest absolute Gasteiger partial charge is 0.299 e. The van der Waals surface area contributed by atoms with Crippen molar-refractivity contribution in [3.63, 3.8) is 0 Å². The molecule has 0 rings (SSSR count). The fraction of sp³-hybridized carbons (Fsp3) is 0.500. The molecule has 0 spiro atoms. The molecule has 5 heavy (non-hydrogen) atoms. The molecule has 29 valence electrons. The van der Waals surface area contributed by atoms with E-state index in [4.69, 9.17) is 11.3 Å². The molecule has 0 amide bonds. The van der Waals surface area contributed by atoms with Gasteiger partial charge in [-0.25, -0.2) is 0 Å². The second kappa shape index (κ2) is 2.24. The van der Waals surface area contributed by atoms with Gasteiger partial charge >= 0.3 is 0 Å². The van der Waals surface area contributed by atoms with Crippen molar-refractivity contribution in [2.45, 2.75) is 6.32 Å². The monoisotopic (exact) mass is 71.1 g/mol. The molecular weight excluding hydrogens is 62.8 g/mol. The second-order valence-electron chi connectivity index (χ2n) is 0.953. The Bertz CT molecular complexity index is 21.6. The highest BCUT2D eigenvalue weighted by atomic mass is 14.6. The van der Waals surface area contributed by atoms with E-state index in [1.165, 1.54) is 0 Å². The summed E-state index contributed by atoms with van der Waals surface area (Å²) in [5.41, 5.74) is 10.0. The van der Waals surface area contributed by atoms with Crippen molar-refractivity contribution >= 4 is 6.98 Å². The molecule has 0 aliphatic rings. The lowest BCUT2D eigenvalue weighted by Crippen LogP contribution is -2.35. The van der Waals surface area contributed by atoms with Gasteiger partial charge in [-0.2, -0.15) is 0 Å². The lowest BCUT2D eigenvalue weighted by atomic mass is 9.78. The number of nitrogens with two attached hydrogens (primary N) is 2. The molecule has 1 radical (unpaired) electrons. The Hall–Kier alpha value is -0.0151. The molecule has 0 saturated heterocycles. The van der Waals surface area contributed by atoms with Gasteiger partial charge in [-0.3, -0.25) is 0 Å². The van der Waals surface area contributed by atoms with E-state index in [9.17, 15) is 0 Å². The first-order valence-corrected chi connectivity index (χ1v) is 1.57. The van der Waals surface area contributed by atoms with Crippen LogP contribution in [0, 0.1) is 6.92 Å². The van der Waals surface area contributed by atoms with Gasteiger partial charge < -0.3 is 11.3 Å². The first kappa shape index (κ1) is 4.98. The zero-order valence-corrected chi connectivity index (χ0v) is 3.15. The molecule has 0 saturated carbocycles. The third-order valence-electron chi connectivity index (χ3n) is 0.333. The maximum absolute atomic E-state index is 5.01. The van der Waals surface area contributed by atoms with E-state index in [0.29, 0.717) is 6.32 Å². The van der Waals surface area contributed by atoms with Gasteiger partial charge in [0.05, 0.1) is 0 Å². The van der Waals surface area contributed by atoms with Crippen LogP contribution in [-0.4, -0.2) is 6.98 Å². The van der Waals surface area contributed by atoms with Crippen LogP contribution in [0.3, 0.4) is 0 Å². The maximum atomic E-state index is 5.01. The van der Waals surface area contributed by atoms with Crippen LogP contribution >= 0.6 is 0 Å². The van der Waals surface area contributed by atoms with Crippen LogP contribution in [0.5, 0.6) is 0 Å². The van der Waals surface area contributed by atoms with Crippen LogP contribution in [0.2, 0.25) is 6.32 Å². The molecular formula is C2H8BN2. The Balaban J connectivity index is 2.54. The summed E-state index contributed by atoms with van der Waals surface area (Å²) < 4.78 is 0. The fourth-order valence-corrected chi connectivity index (χ4v) is 0. The van der Waals surface area contributed by atoms with E-state index in [0.717, 1.165) is 0 Å². The van der Waals surface area contributed by atoms with Crippen LogP contribution in [-0.2, 0) is 0 Å². The van der Waals surface area contributed by atoms with Gasteiger partial charge in [0.15, 0.2) is 0 Å². The summed E-state index contributed by atoms with van der Waals surface area (Å²) in [4.78, 5) is 0. The van der Waals surface area contributed by atoms with Crippen LogP contribution in [0.15, 0.2) is 0 Å². The number of hydrogen-bond donors (Lipinski definition) is 2. The Morgan fingerprint density at radius 3 is 1.80 bits per heavy atom. The summed E-state index contributed by atoms with van der Waals surface area (Å²) in [6, 6.07) is 0. The lowest BCUT2D eigenvalue weighted by molar-refractivity contribution is 1.50. The zero-order chi connectivity index (χ0) is 4.28. The van der Waals surface area contributed by atoms with Crippen molar-refractivity contribution in [1.82, 2.24) is 0 Å². The van der Waals surface area contributed by atoms with E-state index >= 15 is 0 Å². The summed E-state index contributed by atoms with van der Waals surface area (Å²) >= 11 is 0. The first-order chi connectivity index (χ1) is 2.27. The predicted molar refractivity (Wildman–Crippen MR) is 24.3 cm³/mol. The summed E-state index contributed by atoms with van der Waals surface area (Å²) in [6.45, 7) is 3.21. The maximum Gasteiger partial charge on any atom is 0.299 e. The molecule has 0 heterocycles. The molecule has 0 fully saturated rings. The van der Waals surface area contributed by atoms with Crippen LogP contribution in [0.25, 0.3) is 0 Å². The minimum Gasteiger partial charge on any atom is -0.356 e. The molecule has 0 bridgehead atoms. The van der Waals surface area contributed by atoms with Gasteiger partial charge in [0.25, 0.3) is 6.98 Å². The summed E-state index contributed by atoms with van der Waals surface area (Å²) in [7, 11) is 0. The number of hydrogen-bond acceptors (Lipinski definition) is 2. The SMILES string of the molecule is [CH2]CB(N)N. The quantitative estimate of drug-likeness (QED) is 0.398. The third kappa shape index (κ3) is 3.98. The molecule has 0 aliphatic heterocycles. The molecule has 0 unspecified atom stereocenters. The van der Waals surface area contributed by atoms with E-state index in [2.05, 4.69) is 6.92 Å². The van der Waals surface area contributed by atoms with Gasteiger partial charge in [0, 0.05) is 0 Å². The molecule has 0 aromatic heterocycles. The van der Waals surface area contributed by atoms with Gasteiger partial charge in [0.2, 0.25) is 0 Å². The average molecular weight is 70.9 g/mol. The van der Waals surface area contributed by atoms with E-state index in [1.807, 2.05) is 0 Å². The highest BCUT2D eigenvalue weighted by Crippen LogP contribution is 1.64. The lowest BCUT2D eigenvalue weighted by Gasteiger charge is -1.85. The molecule has 0 aromatic carbocycles. The molecule has 2 nitrogen and oxygen atoms in total. The van der Waals surface area contributed by atoms with Crippen molar-refractivity contribution < 1.29 is 0 Å². The molecule has 4 N–H and O–H groups in total. The van der Waals surface area contributed by atoms with E-state index in [1.54, 1.807) is 0 Å². The Morgan fingerprint density at radius 1 is 1.60 bits per heavy atom. The highest BCUT2D eigenvalue weighted by Gasteiger charge is 1.89. The van der Waals surface area contributed by atoms with Crippen molar-refractivity contribution in [2.75, 3.05) is 0 Å². The molecule has 3 heteroatoms. The molecule has 0 aromatic rings. The predicted octanol–water partition coefficient (Wildman–Crippen LogP) is -0.774. The molecule has 0 atom stereocenters. The van der Waals surface area contributed by atoms with Gasteiger partial charge in [-0.1, -0.05) is 6.92 Å². The van der Waals surface area contributed by atoms with Crippen LogP contribution in [0.4, 0.5) is 0 Å². The topological polar surface area (TPSA) is 52.0 Å². The highest BCUT2D eigenvalue weighted by molar-refractivity contribution is 6.51. The Kier molecular flexibility index (Phi) is 2.23. The first-order valence-electron chi connectivity index (χ1n) is 1.57. The van der Waals surface area contributed by atoms with Crippen molar-refractivity contribution in [2.24, 2.45) is 11.3 Å². The zero-order valence-electron chi connectivity index (χ0n) is 3.15. The Morgan fingerprint density at radius 2 is 1.80 bits per heavy atom. The third-order valence-corrected chi connectivity index (χ3v) is 0.333. The summed E-state index contributed by atoms with van der Waals surface area (Å²) in [6.07, 6.45) is 0.611. The van der Waals surface area contributed by atoms with Crippen LogP contribution < -0.4 is 11.3 Å². The van der Waals surface area contributed by atoms with Crippen LogP contribution in [0.1, 0.15) is 0 Å². The van der Waals surface area contributed by atoms with E-state index in [-0.39, 0.29) is 6.98 Å². The summed E-state index contributed by atoms with van der Waals surface area (Å²) in [5.74, 6) is 0. The average Bonchev–Trinajstić information content (AvgIpc) is 1.38. The minimum atomic E-state index is -0.227. The molecule has 0 aliphatic carbocycles. The van der Waals surface area contributed by atoms with Crippen molar-refractivity contribution in [3.05, 3.63) is 6.92 Å². The van der Waals surface area contributed by atoms with Gasteiger partial charge in [-0.05, 0) is 6.32 Å². The fourth-order valence-electron chi connectivity index (χ4n) is 0. The number of rotatable bonds is 1. The minimum absolute atomic E-state index is 0.227. The van der Waals surface area contributed by atoms with E-state index < -0.39 is 0 Å². The summed E-state index contributed by atoms with van der Waals surface area (Å²) in [5, 5.41) is 0. The van der Waals surface area contributed by atoms with Crippen molar-refractivity contribution in [3.8, 4) is 0 Å². The largest absolute Gasteiger partial charge is 0.356 e. The van der Waals surface area contributed by atoms with Crippen molar-refractivity contribution in [1.29, 1.82) is 0 Å². The second-order valence-corrected chi connectivity index (χ2v) is 0.953. The van der Waals surface area contributed by atoms with Gasteiger partial charge in [0.1, 0.15) is 0 Å².